The molecule has 1 aromatic heterocycles. The average Bonchev–Trinajstić information content (AvgIpc) is 2.55. The van der Waals surface area contributed by atoms with Gasteiger partial charge in [-0.25, -0.2) is 9.78 Å². The number of nitrogens with zero attached hydrogens (tertiary/aromatic N) is 1. The van der Waals surface area contributed by atoms with Crippen LogP contribution in [0.5, 0.6) is 0 Å². The first kappa shape index (κ1) is 15.4. The number of ether oxygens (including phenoxy) is 1. The van der Waals surface area contributed by atoms with E-state index in [2.05, 4.69) is 25.9 Å². The van der Waals surface area contributed by atoms with Crippen LogP contribution >= 0.6 is 15.9 Å². The van der Waals surface area contributed by atoms with Gasteiger partial charge in [-0.1, -0.05) is 28.1 Å². The summed E-state index contributed by atoms with van der Waals surface area (Å²) in [5, 5.41) is 0.502. The summed E-state index contributed by atoms with van der Waals surface area (Å²) in [6, 6.07) is 13.9. The molecule has 1 atom stereocenters. The number of hydrogen-bond acceptors (Lipinski definition) is 4. The summed E-state index contributed by atoms with van der Waals surface area (Å²) in [7, 11) is 0. The van der Waals surface area contributed by atoms with Crippen molar-refractivity contribution in [3.63, 3.8) is 0 Å². The Bertz CT molecular complexity index is 919. The summed E-state index contributed by atoms with van der Waals surface area (Å²) in [4.78, 5) is 31.2. The van der Waals surface area contributed by atoms with Crippen LogP contribution in [0.25, 0.3) is 10.9 Å². The van der Waals surface area contributed by atoms with Gasteiger partial charge in [0, 0.05) is 4.47 Å². The van der Waals surface area contributed by atoms with Gasteiger partial charge in [-0.2, -0.15) is 0 Å². The lowest BCUT2D eigenvalue weighted by atomic mass is 10.2. The van der Waals surface area contributed by atoms with Crippen LogP contribution in [0, 0.1) is 0 Å². The summed E-state index contributed by atoms with van der Waals surface area (Å²) in [6.45, 7) is 1.67. The number of aromatic amines is 1. The molecule has 116 valence electrons. The van der Waals surface area contributed by atoms with E-state index in [-0.39, 0.29) is 5.56 Å². The molecule has 5 nitrogen and oxygen atoms in total. The highest BCUT2D eigenvalue weighted by Crippen LogP contribution is 2.17. The van der Waals surface area contributed by atoms with Gasteiger partial charge >= 0.3 is 5.97 Å². The van der Waals surface area contributed by atoms with Crippen LogP contribution in [0.15, 0.2) is 57.8 Å². The van der Waals surface area contributed by atoms with E-state index in [4.69, 9.17) is 4.74 Å². The van der Waals surface area contributed by atoms with Crippen LogP contribution in [0.4, 0.5) is 0 Å². The Morgan fingerprint density at radius 1 is 1.17 bits per heavy atom. The van der Waals surface area contributed by atoms with E-state index in [9.17, 15) is 9.59 Å². The molecular formula is C17H13BrN2O3. The van der Waals surface area contributed by atoms with Crippen molar-refractivity contribution in [1.82, 2.24) is 9.97 Å². The van der Waals surface area contributed by atoms with E-state index in [1.165, 1.54) is 0 Å². The monoisotopic (exact) mass is 372 g/mol. The topological polar surface area (TPSA) is 72.0 Å². The minimum absolute atomic E-state index is 0.253. The quantitative estimate of drug-likeness (QED) is 0.712. The SMILES string of the molecule is CC(OC(=O)c1ccc(Br)cc1)c1nc2ccccc2c(=O)[nH]1. The maximum Gasteiger partial charge on any atom is 0.338 e. The van der Waals surface area contributed by atoms with E-state index < -0.39 is 12.1 Å². The summed E-state index contributed by atoms with van der Waals surface area (Å²) in [5.74, 6) is -0.153. The number of halogens is 1. The number of H-pyrrole nitrogens is 1. The third kappa shape index (κ3) is 3.32. The highest BCUT2D eigenvalue weighted by molar-refractivity contribution is 9.10. The lowest BCUT2D eigenvalue weighted by Crippen LogP contribution is -2.17. The first-order chi connectivity index (χ1) is 11.0. The van der Waals surface area contributed by atoms with Crippen molar-refractivity contribution < 1.29 is 9.53 Å². The molecule has 3 rings (SSSR count). The number of aromatic nitrogens is 2. The molecule has 0 radical (unpaired) electrons. The molecule has 0 saturated heterocycles. The third-order valence-corrected chi connectivity index (χ3v) is 3.91. The second kappa shape index (κ2) is 6.34. The number of benzene rings is 2. The summed E-state index contributed by atoms with van der Waals surface area (Å²) in [6.07, 6.45) is -0.663. The second-order valence-corrected chi connectivity index (χ2v) is 5.94. The Morgan fingerprint density at radius 2 is 1.87 bits per heavy atom. The Labute approximate surface area is 140 Å². The van der Waals surface area contributed by atoms with Crippen molar-refractivity contribution in [1.29, 1.82) is 0 Å². The van der Waals surface area contributed by atoms with Gasteiger partial charge in [-0.3, -0.25) is 4.79 Å². The Kier molecular flexibility index (Phi) is 4.25. The first-order valence-corrected chi connectivity index (χ1v) is 7.79. The molecule has 1 N–H and O–H groups in total. The van der Waals surface area contributed by atoms with Crippen molar-refractivity contribution >= 4 is 32.8 Å². The molecular weight excluding hydrogens is 360 g/mol. The number of fused-ring (bicyclic) bond motifs is 1. The van der Waals surface area contributed by atoms with Crippen LogP contribution < -0.4 is 5.56 Å². The molecule has 0 amide bonds. The Balaban J connectivity index is 1.85. The van der Waals surface area contributed by atoms with Gasteiger partial charge in [0.25, 0.3) is 5.56 Å². The van der Waals surface area contributed by atoms with Crippen molar-refractivity contribution in [2.24, 2.45) is 0 Å². The maximum atomic E-state index is 12.1. The predicted octanol–water partition coefficient (Wildman–Crippen LogP) is 3.60. The van der Waals surface area contributed by atoms with E-state index in [0.29, 0.717) is 22.3 Å². The standard InChI is InChI=1S/C17H13BrN2O3/c1-10(23-17(22)11-6-8-12(18)9-7-11)15-19-14-5-3-2-4-13(14)16(21)20-15/h2-10H,1H3,(H,19,20,21). The third-order valence-electron chi connectivity index (χ3n) is 3.38. The number of carbonyl (C=O) groups excluding carboxylic acids is 1. The van der Waals surface area contributed by atoms with E-state index in [1.54, 1.807) is 55.5 Å². The smallest absolute Gasteiger partial charge is 0.338 e. The van der Waals surface area contributed by atoms with Gasteiger partial charge in [0.1, 0.15) is 0 Å². The normalized spacial score (nSPS) is 12.1. The molecule has 0 aliphatic heterocycles. The second-order valence-electron chi connectivity index (χ2n) is 5.02. The van der Waals surface area contributed by atoms with Crippen molar-refractivity contribution in [2.75, 3.05) is 0 Å². The average molecular weight is 373 g/mol. The lowest BCUT2D eigenvalue weighted by Gasteiger charge is -2.13. The maximum absolute atomic E-state index is 12.1. The molecule has 0 aliphatic carbocycles. The van der Waals surface area contributed by atoms with Gasteiger partial charge in [0.2, 0.25) is 0 Å². The molecule has 1 heterocycles. The minimum atomic E-state index is -0.663. The van der Waals surface area contributed by atoms with E-state index in [0.717, 1.165) is 4.47 Å². The summed E-state index contributed by atoms with van der Waals surface area (Å²) >= 11 is 3.31. The van der Waals surface area contributed by atoms with Gasteiger partial charge in [-0.05, 0) is 43.3 Å². The van der Waals surface area contributed by atoms with Crippen LogP contribution in [-0.2, 0) is 4.74 Å². The fraction of sp³-hybridized carbons (Fsp3) is 0.118. The van der Waals surface area contributed by atoms with Gasteiger partial charge in [0.15, 0.2) is 11.9 Å². The van der Waals surface area contributed by atoms with Crippen molar-refractivity contribution in [3.8, 4) is 0 Å². The summed E-state index contributed by atoms with van der Waals surface area (Å²) in [5.41, 5.74) is 0.748. The van der Waals surface area contributed by atoms with Crippen molar-refractivity contribution in [3.05, 3.63) is 74.7 Å². The number of para-hydroxylation sites is 1. The lowest BCUT2D eigenvalue weighted by molar-refractivity contribution is 0.0320. The molecule has 0 aliphatic rings. The van der Waals surface area contributed by atoms with Crippen LogP contribution in [0.2, 0.25) is 0 Å². The Hall–Kier alpha value is -2.47. The molecule has 0 bridgehead atoms. The largest absolute Gasteiger partial charge is 0.451 e. The van der Waals surface area contributed by atoms with Gasteiger partial charge in [0.05, 0.1) is 16.5 Å². The number of esters is 1. The highest BCUT2D eigenvalue weighted by Gasteiger charge is 2.16. The molecule has 23 heavy (non-hydrogen) atoms. The Morgan fingerprint density at radius 3 is 2.61 bits per heavy atom. The van der Waals surface area contributed by atoms with E-state index in [1.807, 2.05) is 0 Å². The first-order valence-electron chi connectivity index (χ1n) is 7.00. The molecule has 6 heteroatoms. The zero-order chi connectivity index (χ0) is 16.4. The van der Waals surface area contributed by atoms with E-state index >= 15 is 0 Å². The number of rotatable bonds is 3. The fourth-order valence-electron chi connectivity index (χ4n) is 2.17. The number of nitrogens with one attached hydrogen (secondary N) is 1. The number of hydrogen-bond donors (Lipinski definition) is 1. The molecule has 2 aromatic carbocycles. The molecule has 0 spiro atoms. The van der Waals surface area contributed by atoms with Crippen LogP contribution in [-0.4, -0.2) is 15.9 Å². The highest BCUT2D eigenvalue weighted by atomic mass is 79.9. The van der Waals surface area contributed by atoms with Crippen LogP contribution in [0.1, 0.15) is 29.2 Å². The predicted molar refractivity (Wildman–Crippen MR) is 90.3 cm³/mol. The number of carbonyl (C=O) groups is 1. The van der Waals surface area contributed by atoms with Crippen molar-refractivity contribution in [2.45, 2.75) is 13.0 Å². The molecule has 0 saturated carbocycles. The van der Waals surface area contributed by atoms with Gasteiger partial charge < -0.3 is 9.72 Å². The van der Waals surface area contributed by atoms with Crippen LogP contribution in [0.3, 0.4) is 0 Å². The molecule has 3 aromatic rings. The summed E-state index contributed by atoms with van der Waals surface area (Å²) < 4.78 is 6.26. The van der Waals surface area contributed by atoms with Gasteiger partial charge in [-0.15, -0.1) is 0 Å². The minimum Gasteiger partial charge on any atom is -0.451 e. The molecule has 0 fully saturated rings. The molecule has 1 unspecified atom stereocenters. The zero-order valence-electron chi connectivity index (χ0n) is 12.2. The zero-order valence-corrected chi connectivity index (χ0v) is 13.8. The fourth-order valence-corrected chi connectivity index (χ4v) is 2.43.